The first-order chi connectivity index (χ1) is 18.1. The van der Waals surface area contributed by atoms with Crippen molar-refractivity contribution in [3.05, 3.63) is 103 Å². The minimum atomic E-state index is -4.16. The normalized spacial score (nSPS) is 14.7. The van der Waals surface area contributed by atoms with Crippen LogP contribution < -0.4 is 9.62 Å². The third-order valence-corrected chi connectivity index (χ3v) is 9.80. The number of sulfonamides is 1. The molecule has 1 heterocycles. The summed E-state index contributed by atoms with van der Waals surface area (Å²) in [6.07, 6.45) is 3.97. The minimum absolute atomic E-state index is 0.0164. The number of nitrogens with one attached hydrogen (secondary N) is 1. The van der Waals surface area contributed by atoms with Gasteiger partial charge >= 0.3 is 0 Å². The van der Waals surface area contributed by atoms with Gasteiger partial charge < -0.3 is 4.90 Å². The molecule has 0 radical (unpaired) electrons. The van der Waals surface area contributed by atoms with Crippen molar-refractivity contribution in [2.45, 2.75) is 20.4 Å². The van der Waals surface area contributed by atoms with Crippen molar-refractivity contribution in [1.29, 1.82) is 0 Å². The van der Waals surface area contributed by atoms with Crippen LogP contribution in [-0.2, 0) is 21.4 Å². The molecule has 0 spiro atoms. The zero-order valence-corrected chi connectivity index (χ0v) is 23.7. The van der Waals surface area contributed by atoms with Crippen molar-refractivity contribution < 1.29 is 18.0 Å². The molecule has 0 saturated heterocycles. The third-order valence-electron chi connectivity index (χ3n) is 5.82. The Hall–Kier alpha value is -3.04. The minimum Gasteiger partial charge on any atom is -0.358 e. The summed E-state index contributed by atoms with van der Waals surface area (Å²) >= 11 is 12.5. The number of ketones is 1. The van der Waals surface area contributed by atoms with E-state index in [2.05, 4.69) is 12.1 Å². The molecule has 1 aliphatic rings. The van der Waals surface area contributed by atoms with E-state index in [1.165, 1.54) is 26.0 Å². The number of anilines is 1. The molecule has 0 fully saturated rings. The molecule has 1 aliphatic heterocycles. The van der Waals surface area contributed by atoms with E-state index in [9.17, 15) is 18.0 Å². The molecular formula is C28H24Cl2N2O4S2. The van der Waals surface area contributed by atoms with E-state index in [-0.39, 0.29) is 26.0 Å². The first-order valence-corrected chi connectivity index (χ1v) is 14.6. The molecule has 3 aromatic carbocycles. The molecule has 6 nitrogen and oxygen atoms in total. The fourth-order valence-electron chi connectivity index (χ4n) is 4.11. The predicted octanol–water partition coefficient (Wildman–Crippen LogP) is 6.76. The topological polar surface area (TPSA) is 83.6 Å². The Morgan fingerprint density at radius 2 is 1.82 bits per heavy atom. The van der Waals surface area contributed by atoms with Gasteiger partial charge in [0, 0.05) is 23.2 Å². The number of Topliss-reactive ketones (excluding diaryl/α,β-unsaturated/α-hetero) is 1. The molecule has 10 heteroatoms. The predicted molar refractivity (Wildman–Crippen MR) is 158 cm³/mol. The third kappa shape index (κ3) is 6.32. The van der Waals surface area contributed by atoms with Crippen LogP contribution in [0.15, 0.2) is 86.4 Å². The van der Waals surface area contributed by atoms with Crippen molar-refractivity contribution in [3.8, 4) is 0 Å². The molecule has 4 rings (SSSR count). The highest BCUT2D eigenvalue weighted by atomic mass is 35.5. The average Bonchev–Trinajstić information content (AvgIpc) is 3.20. The number of nitrogens with zero attached hydrogens (tertiary/aromatic N) is 1. The van der Waals surface area contributed by atoms with Crippen molar-refractivity contribution in [1.82, 2.24) is 4.72 Å². The van der Waals surface area contributed by atoms with Gasteiger partial charge in [-0.15, -0.1) is 0 Å². The number of allylic oxidation sites excluding steroid dienone is 2. The van der Waals surface area contributed by atoms with Gasteiger partial charge in [-0.3, -0.25) is 9.59 Å². The Morgan fingerprint density at radius 1 is 1.08 bits per heavy atom. The van der Waals surface area contributed by atoms with Crippen molar-refractivity contribution in [2.75, 3.05) is 11.4 Å². The second-order valence-corrected chi connectivity index (χ2v) is 12.7. The number of rotatable bonds is 8. The van der Waals surface area contributed by atoms with E-state index in [4.69, 9.17) is 23.2 Å². The number of amides is 1. The number of para-hydroxylation sites is 1. The lowest BCUT2D eigenvalue weighted by atomic mass is 10.0. The molecule has 38 heavy (non-hydrogen) atoms. The van der Waals surface area contributed by atoms with Crippen LogP contribution in [0.1, 0.15) is 35.3 Å². The second kappa shape index (κ2) is 11.8. The molecule has 0 saturated carbocycles. The summed E-state index contributed by atoms with van der Waals surface area (Å²) in [5.41, 5.74) is 2.94. The number of carbonyl (C=O) groups is 2. The van der Waals surface area contributed by atoms with Gasteiger partial charge in [-0.1, -0.05) is 89.6 Å². The second-order valence-electron chi connectivity index (χ2n) is 8.52. The smallest absolute Gasteiger partial charge is 0.270 e. The van der Waals surface area contributed by atoms with Crippen LogP contribution in [0, 0.1) is 0 Å². The van der Waals surface area contributed by atoms with E-state index in [0.717, 1.165) is 34.2 Å². The van der Waals surface area contributed by atoms with Gasteiger partial charge in [-0.2, -0.15) is 0 Å². The van der Waals surface area contributed by atoms with E-state index in [0.29, 0.717) is 23.4 Å². The highest BCUT2D eigenvalue weighted by molar-refractivity contribution is 8.21. The number of hydrogen-bond donors (Lipinski definition) is 1. The van der Waals surface area contributed by atoms with Gasteiger partial charge in [0.15, 0.2) is 5.78 Å². The maximum Gasteiger partial charge on any atom is 0.270 e. The number of halogens is 2. The largest absolute Gasteiger partial charge is 0.358 e. The monoisotopic (exact) mass is 586 g/mol. The standard InChI is InChI=1S/C28H24Cl2N2O4S2/c1-3-26(37-28(30)18(2)29)38(35,36)31-25(34)14-13-21-9-6-10-23-24(33)17-32(27(21)23)16-19-11-12-20-7-4-5-8-22(20)15-19/h3-15H,16-17H2,1-2H3,(H,31,34)/b14-13+,26-3+,28-18+. The van der Waals surface area contributed by atoms with Crippen molar-refractivity contribution in [3.63, 3.8) is 0 Å². The van der Waals surface area contributed by atoms with Gasteiger partial charge in [0.05, 0.1) is 16.6 Å². The summed E-state index contributed by atoms with van der Waals surface area (Å²) in [7, 11) is -4.16. The molecule has 0 atom stereocenters. The SMILES string of the molecule is C/C=C(\S/C(Cl)=C(\C)Cl)S(=O)(=O)NC(=O)/C=C/c1cccc2c1N(Cc1ccc3ccccc3c1)CC2=O. The number of benzene rings is 3. The Labute approximate surface area is 236 Å². The molecule has 0 bridgehead atoms. The number of thioether (sulfide) groups is 1. The first kappa shape index (κ1) is 28.0. The fraction of sp³-hybridized carbons (Fsp3) is 0.143. The Kier molecular flexibility index (Phi) is 8.67. The molecule has 1 N–H and O–H groups in total. The van der Waals surface area contributed by atoms with Crippen LogP contribution >= 0.6 is 35.0 Å². The van der Waals surface area contributed by atoms with Crippen LogP contribution in [-0.4, -0.2) is 26.7 Å². The summed E-state index contributed by atoms with van der Waals surface area (Å²) in [6, 6.07) is 19.5. The molecule has 0 aliphatic carbocycles. The molecule has 196 valence electrons. The van der Waals surface area contributed by atoms with Gasteiger partial charge in [-0.25, -0.2) is 13.1 Å². The van der Waals surface area contributed by atoms with Crippen LogP contribution in [0.4, 0.5) is 5.69 Å². The molecule has 0 aromatic heterocycles. The van der Waals surface area contributed by atoms with E-state index in [1.807, 2.05) is 40.0 Å². The molecule has 3 aromatic rings. The average molecular weight is 588 g/mol. The number of hydrogen-bond acceptors (Lipinski definition) is 6. The Bertz CT molecular complexity index is 1620. The Morgan fingerprint density at radius 3 is 2.53 bits per heavy atom. The van der Waals surface area contributed by atoms with Gasteiger partial charge in [0.25, 0.3) is 15.9 Å². The highest BCUT2D eigenvalue weighted by Gasteiger charge is 2.28. The van der Waals surface area contributed by atoms with E-state index >= 15 is 0 Å². The summed E-state index contributed by atoms with van der Waals surface area (Å²) in [5.74, 6) is -0.854. The van der Waals surface area contributed by atoms with Gasteiger partial charge in [0.1, 0.15) is 4.24 Å². The van der Waals surface area contributed by atoms with Crippen LogP contribution in [0.5, 0.6) is 0 Å². The lowest BCUT2D eigenvalue weighted by Gasteiger charge is -2.21. The van der Waals surface area contributed by atoms with Crippen LogP contribution in [0.2, 0.25) is 0 Å². The van der Waals surface area contributed by atoms with E-state index < -0.39 is 15.9 Å². The summed E-state index contributed by atoms with van der Waals surface area (Å²) in [5, 5.41) is 2.48. The van der Waals surface area contributed by atoms with Crippen LogP contribution in [0.25, 0.3) is 16.8 Å². The van der Waals surface area contributed by atoms with Gasteiger partial charge in [0.2, 0.25) is 0 Å². The maximum atomic E-state index is 12.7. The Balaban J connectivity index is 1.55. The molecular weight excluding hydrogens is 563 g/mol. The van der Waals surface area contributed by atoms with Crippen LogP contribution in [0.3, 0.4) is 0 Å². The number of carbonyl (C=O) groups excluding carboxylic acids is 2. The lowest BCUT2D eigenvalue weighted by molar-refractivity contribution is -0.114. The zero-order chi connectivity index (χ0) is 27.4. The van der Waals surface area contributed by atoms with Gasteiger partial charge in [-0.05, 0) is 54.0 Å². The molecule has 0 unspecified atom stereocenters. The zero-order valence-electron chi connectivity index (χ0n) is 20.6. The fourth-order valence-corrected chi connectivity index (χ4v) is 6.61. The number of fused-ring (bicyclic) bond motifs is 2. The summed E-state index contributed by atoms with van der Waals surface area (Å²) < 4.78 is 27.3. The highest BCUT2D eigenvalue weighted by Crippen LogP contribution is 2.36. The quantitative estimate of drug-likeness (QED) is 0.293. The summed E-state index contributed by atoms with van der Waals surface area (Å²) in [4.78, 5) is 27.3. The summed E-state index contributed by atoms with van der Waals surface area (Å²) in [6.45, 7) is 3.77. The lowest BCUT2D eigenvalue weighted by Crippen LogP contribution is -2.29. The first-order valence-electron chi connectivity index (χ1n) is 11.6. The maximum absolute atomic E-state index is 12.7. The van der Waals surface area contributed by atoms with E-state index in [1.54, 1.807) is 18.2 Å². The van der Waals surface area contributed by atoms with Crippen molar-refractivity contribution in [2.24, 2.45) is 0 Å². The van der Waals surface area contributed by atoms with Crippen molar-refractivity contribution >= 4 is 79.2 Å². The molecule has 1 amide bonds.